The van der Waals surface area contributed by atoms with Gasteiger partial charge in [0, 0.05) is 12.6 Å². The Bertz CT molecular complexity index is 614. The van der Waals surface area contributed by atoms with Crippen LogP contribution in [0.5, 0.6) is 0 Å². The van der Waals surface area contributed by atoms with Crippen molar-refractivity contribution in [3.63, 3.8) is 0 Å². The predicted octanol–water partition coefficient (Wildman–Crippen LogP) is 1.52. The maximum absolute atomic E-state index is 12.4. The van der Waals surface area contributed by atoms with E-state index >= 15 is 0 Å². The number of para-hydroxylation sites is 1. The summed E-state index contributed by atoms with van der Waals surface area (Å²) < 4.78 is 0. The minimum atomic E-state index is -0.599. The Morgan fingerprint density at radius 3 is 2.48 bits per heavy atom. The average Bonchev–Trinajstić information content (AvgIpc) is 2.46. The number of anilines is 1. The quantitative estimate of drug-likeness (QED) is 0.480. The highest BCUT2D eigenvalue weighted by Crippen LogP contribution is 2.29. The highest BCUT2D eigenvalue weighted by Gasteiger charge is 2.24. The Balaban J connectivity index is 3.31. The highest BCUT2D eigenvalue weighted by atomic mass is 16.6. The third-order valence-electron chi connectivity index (χ3n) is 2.63. The highest BCUT2D eigenvalue weighted by molar-refractivity contribution is 6.01. The molecule has 0 aliphatic rings. The first-order valence-electron chi connectivity index (χ1n) is 6.11. The lowest BCUT2D eigenvalue weighted by Gasteiger charge is -2.18. The number of carbonyl (C=O) groups is 1. The number of nitro benzene ring substituents is 1. The van der Waals surface area contributed by atoms with Gasteiger partial charge in [-0.3, -0.25) is 14.9 Å². The van der Waals surface area contributed by atoms with Gasteiger partial charge in [0.2, 0.25) is 0 Å². The van der Waals surface area contributed by atoms with Gasteiger partial charge in [0.25, 0.3) is 11.6 Å². The molecule has 0 bridgehead atoms. The van der Waals surface area contributed by atoms with Gasteiger partial charge in [-0.2, -0.15) is 10.5 Å². The van der Waals surface area contributed by atoms with Crippen LogP contribution in [0.3, 0.4) is 0 Å². The Labute approximate surface area is 121 Å². The van der Waals surface area contributed by atoms with Gasteiger partial charge in [0.15, 0.2) is 0 Å². The zero-order chi connectivity index (χ0) is 15.8. The summed E-state index contributed by atoms with van der Waals surface area (Å²) in [5.41, 5.74) is -0.0657. The summed E-state index contributed by atoms with van der Waals surface area (Å²) in [5.74, 6) is -0.599. The molecule has 1 rings (SSSR count). The third kappa shape index (κ3) is 3.67. The Kier molecular flexibility index (Phi) is 5.66. The molecular formula is C13H13N5O3. The van der Waals surface area contributed by atoms with Gasteiger partial charge in [-0.25, -0.2) is 0 Å². The lowest BCUT2D eigenvalue weighted by atomic mass is 10.1. The summed E-state index contributed by atoms with van der Waals surface area (Å²) in [6.07, 6.45) is 0. The lowest BCUT2D eigenvalue weighted by Crippen LogP contribution is -2.32. The third-order valence-corrected chi connectivity index (χ3v) is 2.63. The Morgan fingerprint density at radius 2 is 2.00 bits per heavy atom. The molecule has 1 N–H and O–H groups in total. The zero-order valence-electron chi connectivity index (χ0n) is 11.4. The largest absolute Gasteiger partial charge is 0.379 e. The van der Waals surface area contributed by atoms with Gasteiger partial charge in [-0.1, -0.05) is 6.07 Å². The SMILES string of the molecule is CCNc1c(C(=O)N(CC#N)CC#N)cccc1[N+](=O)[O-]. The number of benzene rings is 1. The summed E-state index contributed by atoms with van der Waals surface area (Å²) in [7, 11) is 0. The first-order valence-corrected chi connectivity index (χ1v) is 6.11. The number of nitrogens with zero attached hydrogens (tertiary/aromatic N) is 4. The van der Waals surface area contributed by atoms with Crippen LogP contribution in [0.15, 0.2) is 18.2 Å². The molecule has 108 valence electrons. The van der Waals surface area contributed by atoms with Crippen molar-refractivity contribution in [2.45, 2.75) is 6.92 Å². The first kappa shape index (κ1) is 15.9. The van der Waals surface area contributed by atoms with E-state index < -0.39 is 10.8 Å². The van der Waals surface area contributed by atoms with Gasteiger partial charge >= 0.3 is 0 Å². The smallest absolute Gasteiger partial charge is 0.293 e. The molecule has 1 aromatic carbocycles. The van der Waals surface area contributed by atoms with Gasteiger partial charge in [0.05, 0.1) is 22.6 Å². The van der Waals surface area contributed by atoms with Crippen LogP contribution in [-0.4, -0.2) is 35.4 Å². The molecule has 0 atom stereocenters. The molecule has 1 aromatic rings. The normalized spacial score (nSPS) is 9.29. The van der Waals surface area contributed by atoms with Crippen molar-refractivity contribution in [3.8, 4) is 12.1 Å². The summed E-state index contributed by atoms with van der Waals surface area (Å²) in [4.78, 5) is 23.8. The average molecular weight is 287 g/mol. The second kappa shape index (κ2) is 7.46. The topological polar surface area (TPSA) is 123 Å². The number of nitro groups is 1. The van der Waals surface area contributed by atoms with Crippen LogP contribution in [0.4, 0.5) is 11.4 Å². The van der Waals surface area contributed by atoms with Crippen molar-refractivity contribution in [3.05, 3.63) is 33.9 Å². The summed E-state index contributed by atoms with van der Waals surface area (Å²) in [6, 6.07) is 7.69. The molecule has 0 saturated heterocycles. The van der Waals surface area contributed by atoms with Gasteiger partial charge in [-0.05, 0) is 13.0 Å². The number of rotatable bonds is 6. The summed E-state index contributed by atoms with van der Waals surface area (Å²) in [6.45, 7) is 1.61. The molecule has 8 nitrogen and oxygen atoms in total. The number of hydrogen-bond acceptors (Lipinski definition) is 6. The number of hydrogen-bond donors (Lipinski definition) is 1. The van der Waals surface area contributed by atoms with Crippen molar-refractivity contribution in [2.75, 3.05) is 25.0 Å². The number of carbonyl (C=O) groups excluding carboxylic acids is 1. The van der Waals surface area contributed by atoms with Gasteiger partial charge < -0.3 is 10.2 Å². The molecule has 0 aliphatic carbocycles. The number of nitriles is 2. The maximum atomic E-state index is 12.4. The van der Waals surface area contributed by atoms with Crippen LogP contribution >= 0.6 is 0 Å². The fourth-order valence-corrected chi connectivity index (χ4v) is 1.77. The molecule has 0 fully saturated rings. The molecule has 0 radical (unpaired) electrons. The molecular weight excluding hydrogens is 274 g/mol. The van der Waals surface area contributed by atoms with Crippen molar-refractivity contribution < 1.29 is 9.72 Å². The van der Waals surface area contributed by atoms with E-state index in [-0.39, 0.29) is 30.0 Å². The minimum Gasteiger partial charge on any atom is -0.379 e. The van der Waals surface area contributed by atoms with Crippen LogP contribution in [0, 0.1) is 32.8 Å². The monoisotopic (exact) mass is 287 g/mol. The minimum absolute atomic E-state index is 0.0663. The van der Waals surface area contributed by atoms with Crippen molar-refractivity contribution >= 4 is 17.3 Å². The van der Waals surface area contributed by atoms with E-state index in [2.05, 4.69) is 5.32 Å². The van der Waals surface area contributed by atoms with E-state index in [1.807, 2.05) is 0 Å². The second-order valence-corrected chi connectivity index (χ2v) is 3.96. The molecule has 0 unspecified atom stereocenters. The first-order chi connectivity index (χ1) is 10.1. The molecule has 0 saturated carbocycles. The fourth-order valence-electron chi connectivity index (χ4n) is 1.77. The number of nitrogens with one attached hydrogen (secondary N) is 1. The van der Waals surface area contributed by atoms with Crippen molar-refractivity contribution in [2.24, 2.45) is 0 Å². The van der Waals surface area contributed by atoms with E-state index in [0.717, 1.165) is 4.90 Å². The lowest BCUT2D eigenvalue weighted by molar-refractivity contribution is -0.384. The van der Waals surface area contributed by atoms with E-state index in [4.69, 9.17) is 10.5 Å². The van der Waals surface area contributed by atoms with Crippen molar-refractivity contribution in [1.29, 1.82) is 10.5 Å². The van der Waals surface area contributed by atoms with E-state index in [1.165, 1.54) is 18.2 Å². The maximum Gasteiger partial charge on any atom is 0.293 e. The Morgan fingerprint density at radius 1 is 1.38 bits per heavy atom. The second-order valence-electron chi connectivity index (χ2n) is 3.96. The van der Waals surface area contributed by atoms with Crippen LogP contribution in [0.2, 0.25) is 0 Å². The van der Waals surface area contributed by atoms with E-state index in [9.17, 15) is 14.9 Å². The van der Waals surface area contributed by atoms with E-state index in [0.29, 0.717) is 6.54 Å². The molecule has 0 heterocycles. The molecule has 21 heavy (non-hydrogen) atoms. The fraction of sp³-hybridized carbons (Fsp3) is 0.308. The van der Waals surface area contributed by atoms with Crippen molar-refractivity contribution in [1.82, 2.24) is 4.90 Å². The van der Waals surface area contributed by atoms with Crippen LogP contribution in [-0.2, 0) is 0 Å². The molecule has 0 aromatic heterocycles. The summed E-state index contributed by atoms with van der Waals surface area (Å²) >= 11 is 0. The summed E-state index contributed by atoms with van der Waals surface area (Å²) in [5, 5.41) is 31.2. The van der Waals surface area contributed by atoms with Crippen LogP contribution in [0.1, 0.15) is 17.3 Å². The van der Waals surface area contributed by atoms with Crippen LogP contribution in [0.25, 0.3) is 0 Å². The zero-order valence-corrected chi connectivity index (χ0v) is 11.4. The van der Waals surface area contributed by atoms with Crippen LogP contribution < -0.4 is 5.32 Å². The number of amides is 1. The van der Waals surface area contributed by atoms with Gasteiger partial charge in [0.1, 0.15) is 18.8 Å². The molecule has 0 spiro atoms. The molecule has 0 aliphatic heterocycles. The Hall–Kier alpha value is -3.13. The van der Waals surface area contributed by atoms with E-state index in [1.54, 1.807) is 19.1 Å². The molecule has 8 heteroatoms. The standard InChI is InChI=1S/C13H13N5O3/c1-2-16-12-10(4-3-5-11(12)18(20)21)13(19)17(8-6-14)9-7-15/h3-5,16H,2,8-9H2,1H3. The van der Waals surface area contributed by atoms with Gasteiger partial charge in [-0.15, -0.1) is 0 Å². The molecule has 1 amide bonds. The predicted molar refractivity (Wildman–Crippen MR) is 74.4 cm³/mol.